The van der Waals surface area contributed by atoms with Gasteiger partial charge < -0.3 is 20.0 Å². The molecule has 8 bridgehead atoms. The fraction of sp³-hybridized carbons (Fsp3) is 0.582. The monoisotopic (exact) mass is 974 g/mol. The maximum Gasteiger partial charge on any atom is 0.276 e. The zero-order valence-electron chi connectivity index (χ0n) is 41.0. The number of alkyl halides is 2. The number of pyridine rings is 1. The molecule has 376 valence electrons. The number of aromatic nitrogens is 3. The van der Waals surface area contributed by atoms with Gasteiger partial charge in [-0.3, -0.25) is 29.1 Å². The third-order valence-electron chi connectivity index (χ3n) is 17.1. The van der Waals surface area contributed by atoms with Gasteiger partial charge in [0.15, 0.2) is 0 Å². The van der Waals surface area contributed by atoms with Gasteiger partial charge in [0, 0.05) is 53.7 Å². The molecule has 8 heterocycles. The number of nitrogens with zero attached hydrogens (tertiary/aromatic N) is 7. The summed E-state index contributed by atoms with van der Waals surface area (Å²) >= 11 is 0. The zero-order chi connectivity index (χ0) is 49.6. The Kier molecular flexibility index (Phi) is 13.9. The third-order valence-corrected chi connectivity index (χ3v) is 17.1. The van der Waals surface area contributed by atoms with Gasteiger partial charge >= 0.3 is 0 Å². The number of carbonyl (C=O) groups is 3. The lowest BCUT2D eigenvalue weighted by Crippen LogP contribution is -2.52. The molecule has 2 aromatic heterocycles. The number of piperidine rings is 3. The molecular weight excluding hydrogens is 908 g/mol. The summed E-state index contributed by atoms with van der Waals surface area (Å²) in [5.41, 5.74) is 2.52. The maximum atomic E-state index is 16.3. The van der Waals surface area contributed by atoms with Gasteiger partial charge in [-0.15, -0.1) is 0 Å². The first-order chi connectivity index (χ1) is 34.2. The van der Waals surface area contributed by atoms with E-state index in [0.29, 0.717) is 72.3 Å². The molecule has 13 nitrogen and oxygen atoms in total. The van der Waals surface area contributed by atoms with E-state index in [1.165, 1.54) is 23.4 Å². The highest BCUT2D eigenvalue weighted by atomic mass is 19.3. The number of halogens is 3. The van der Waals surface area contributed by atoms with Crippen LogP contribution in [0.15, 0.2) is 53.6 Å². The molecule has 11 rings (SSSR count). The molecule has 4 atom stereocenters. The van der Waals surface area contributed by atoms with Crippen molar-refractivity contribution < 1.29 is 27.6 Å². The van der Waals surface area contributed by atoms with E-state index in [0.717, 1.165) is 95.0 Å². The second kappa shape index (κ2) is 20.1. The summed E-state index contributed by atoms with van der Waals surface area (Å²) in [6.45, 7) is 8.12. The quantitative estimate of drug-likeness (QED) is 0.129. The number of likely N-dealkylation sites (tertiary alicyclic amines) is 1. The van der Waals surface area contributed by atoms with Gasteiger partial charge in [0.05, 0.1) is 16.9 Å². The zero-order valence-corrected chi connectivity index (χ0v) is 41.0. The van der Waals surface area contributed by atoms with Gasteiger partial charge in [0.1, 0.15) is 29.7 Å². The molecule has 71 heavy (non-hydrogen) atoms. The minimum absolute atomic E-state index is 0.0220. The Morgan fingerprint density at radius 2 is 1.65 bits per heavy atom. The smallest absolute Gasteiger partial charge is 0.276 e. The molecule has 1 saturated carbocycles. The Morgan fingerprint density at radius 3 is 2.39 bits per heavy atom. The van der Waals surface area contributed by atoms with Crippen LogP contribution >= 0.6 is 0 Å². The van der Waals surface area contributed by atoms with Crippen LogP contribution in [0.4, 0.5) is 19.0 Å². The minimum Gasteiger partial charge on any atom is -0.363 e. The standard InChI is InChI=1S/C55H66F3N9O4/c1-34-9-4-3-5-12-41(13-6-7-22-64-23-16-36(17-24-64)42-28-40(56)29-43-45(42)31-66(52(43)70)47-14-15-48(68)63-51(47)69)67-50-44(30-46(53(67)71)54(32-59)20-21-54)49(60-33-61-50)62-35(2)37-10-8-11-39(27-37)55(57,58)38-18-25-65(34)26-19-38/h8,10-11,27-30,33-36,38,41,47H,3-7,9,12-26,31H2,1-2H3,(H,60,61,62)(H,63,68,69)/t34?,35-,41?,47?/m1/s1. The molecule has 2 aromatic carbocycles. The van der Waals surface area contributed by atoms with Crippen LogP contribution in [-0.2, 0) is 27.5 Å². The van der Waals surface area contributed by atoms with Crippen molar-refractivity contribution in [1.29, 1.82) is 5.26 Å². The SMILES string of the molecule is CC1CCCCCC(CCCCN2CCC(c3cc(F)cc4c3CN(C3CCC(=O)NC3=O)C4=O)CC2)n2c(=O)c(C3(C#N)CC3)cc3c(ncnc32)N[C@H](C)c2cccc(c2)C(F)(F)C2CCN1CC2. The molecule has 6 aliphatic heterocycles. The van der Waals surface area contributed by atoms with E-state index < -0.39 is 41.1 Å². The fourth-order valence-electron chi connectivity index (χ4n) is 12.5. The highest BCUT2D eigenvalue weighted by Gasteiger charge is 2.48. The molecule has 4 aromatic rings. The predicted molar refractivity (Wildman–Crippen MR) is 263 cm³/mol. The lowest BCUT2D eigenvalue weighted by molar-refractivity contribution is -0.136. The van der Waals surface area contributed by atoms with Crippen molar-refractivity contribution in [3.8, 4) is 6.07 Å². The summed E-state index contributed by atoms with van der Waals surface area (Å²) < 4.78 is 49.5. The van der Waals surface area contributed by atoms with Crippen LogP contribution in [0.25, 0.3) is 11.0 Å². The van der Waals surface area contributed by atoms with Gasteiger partial charge in [-0.2, -0.15) is 5.26 Å². The molecule has 0 radical (unpaired) electrons. The first-order valence-electron chi connectivity index (χ1n) is 26.2. The number of benzene rings is 2. The van der Waals surface area contributed by atoms with E-state index in [1.807, 2.05) is 17.6 Å². The number of anilines is 1. The molecule has 3 amide bonds. The van der Waals surface area contributed by atoms with Crippen LogP contribution in [0, 0.1) is 23.1 Å². The maximum absolute atomic E-state index is 16.3. The molecule has 7 aliphatic rings. The Labute approximate surface area is 413 Å². The van der Waals surface area contributed by atoms with E-state index in [1.54, 1.807) is 24.3 Å². The minimum atomic E-state index is -2.97. The van der Waals surface area contributed by atoms with Crippen LogP contribution in [0.1, 0.15) is 173 Å². The molecule has 1 aliphatic carbocycles. The molecule has 2 N–H and O–H groups in total. The van der Waals surface area contributed by atoms with Crippen LogP contribution in [0.5, 0.6) is 0 Å². The Hall–Kier alpha value is -5.66. The summed E-state index contributed by atoms with van der Waals surface area (Å²) in [5, 5.41) is 17.0. The number of nitriles is 1. The normalized spacial score (nSPS) is 27.2. The number of hydrogen-bond donors (Lipinski definition) is 2. The molecule has 3 saturated heterocycles. The number of nitrogens with one attached hydrogen (secondary N) is 2. The van der Waals surface area contributed by atoms with Gasteiger partial charge in [-0.1, -0.05) is 43.9 Å². The number of imide groups is 1. The van der Waals surface area contributed by atoms with E-state index >= 15 is 13.2 Å². The molecule has 4 fully saturated rings. The van der Waals surface area contributed by atoms with Crippen LogP contribution < -0.4 is 16.2 Å². The summed E-state index contributed by atoms with van der Waals surface area (Å²) in [7, 11) is 0. The van der Waals surface area contributed by atoms with Crippen molar-refractivity contribution >= 4 is 34.6 Å². The second-order valence-electron chi connectivity index (χ2n) is 21.5. The molecule has 16 heteroatoms. The van der Waals surface area contributed by atoms with Gasteiger partial charge in [-0.05, 0) is 164 Å². The van der Waals surface area contributed by atoms with E-state index in [4.69, 9.17) is 4.98 Å². The van der Waals surface area contributed by atoms with Crippen LogP contribution in [0.3, 0.4) is 0 Å². The van der Waals surface area contributed by atoms with Gasteiger partial charge in [-0.25, -0.2) is 23.1 Å². The molecule has 3 unspecified atom stereocenters. The highest BCUT2D eigenvalue weighted by molar-refractivity contribution is 6.05. The van der Waals surface area contributed by atoms with Crippen molar-refractivity contribution in [2.24, 2.45) is 5.92 Å². The van der Waals surface area contributed by atoms with Crippen LogP contribution in [-0.4, -0.2) is 91.8 Å². The summed E-state index contributed by atoms with van der Waals surface area (Å²) in [6, 6.07) is 12.7. The molecule has 0 spiro atoms. The average molecular weight is 974 g/mol. The number of rotatable bonds is 8. The van der Waals surface area contributed by atoms with E-state index in [-0.39, 0.29) is 60.3 Å². The lowest BCUT2D eigenvalue weighted by atomic mass is 9.85. The number of fused-ring (bicyclic) bond motifs is 10. The Morgan fingerprint density at radius 1 is 0.873 bits per heavy atom. The topological polar surface area (TPSA) is 157 Å². The first kappa shape index (κ1) is 48.9. The Bertz CT molecular complexity index is 2790. The first-order valence-corrected chi connectivity index (χ1v) is 26.2. The number of carbonyl (C=O) groups excluding carboxylic acids is 3. The lowest BCUT2D eigenvalue weighted by Gasteiger charge is -2.39. The van der Waals surface area contributed by atoms with Crippen molar-refractivity contribution in [2.45, 2.75) is 165 Å². The van der Waals surface area contributed by atoms with Crippen molar-refractivity contribution in [2.75, 3.05) is 38.0 Å². The second-order valence-corrected chi connectivity index (χ2v) is 21.5. The third kappa shape index (κ3) is 9.73. The van der Waals surface area contributed by atoms with Crippen molar-refractivity contribution in [3.05, 3.63) is 98.3 Å². The summed E-state index contributed by atoms with van der Waals surface area (Å²) in [6.07, 6.45) is 12.6. The van der Waals surface area contributed by atoms with E-state index in [2.05, 4.69) is 38.4 Å². The number of unbranched alkanes of at least 4 members (excludes halogenated alkanes) is 1. The fourth-order valence-corrected chi connectivity index (χ4v) is 12.5. The van der Waals surface area contributed by atoms with Gasteiger partial charge in [0.2, 0.25) is 11.8 Å². The number of hydrogen-bond acceptors (Lipinski definition) is 10. The average Bonchev–Trinajstić information content (AvgIpc) is 4.10. The Balaban J connectivity index is 0.870. The largest absolute Gasteiger partial charge is 0.363 e. The summed E-state index contributed by atoms with van der Waals surface area (Å²) in [5.74, 6) is -4.84. The molecular formula is C55H66F3N9O4. The highest BCUT2D eigenvalue weighted by Crippen LogP contribution is 2.48. The number of amides is 3. The summed E-state index contributed by atoms with van der Waals surface area (Å²) in [4.78, 5) is 68.7. The van der Waals surface area contributed by atoms with E-state index in [9.17, 15) is 24.4 Å². The predicted octanol–water partition coefficient (Wildman–Crippen LogP) is 9.17. The van der Waals surface area contributed by atoms with Crippen molar-refractivity contribution in [3.63, 3.8) is 0 Å². The van der Waals surface area contributed by atoms with Crippen LogP contribution in [0.2, 0.25) is 0 Å². The van der Waals surface area contributed by atoms with Gasteiger partial charge in [0.25, 0.3) is 17.4 Å². The van der Waals surface area contributed by atoms with Crippen molar-refractivity contribution in [1.82, 2.24) is 34.6 Å².